The maximum atomic E-state index is 12.3. The molecule has 0 bridgehead atoms. The van der Waals surface area contributed by atoms with E-state index in [1.54, 1.807) is 31.1 Å². The number of ether oxygens (including phenoxy) is 1. The number of hydrogen-bond donors (Lipinski definition) is 3. The number of benzene rings is 1. The lowest BCUT2D eigenvalue weighted by molar-refractivity contribution is 0.0936. The molecule has 8 nitrogen and oxygen atoms in total. The predicted molar refractivity (Wildman–Crippen MR) is 94.7 cm³/mol. The van der Waals surface area contributed by atoms with Crippen LogP contribution in [-0.4, -0.2) is 32.9 Å². The lowest BCUT2D eigenvalue weighted by atomic mass is 10.1. The number of aromatic nitrogens is 3. The van der Waals surface area contributed by atoms with E-state index in [-0.39, 0.29) is 17.4 Å². The molecule has 1 aromatic carbocycles. The predicted octanol–water partition coefficient (Wildman–Crippen LogP) is 1.77. The van der Waals surface area contributed by atoms with Crippen LogP contribution in [0.4, 0.5) is 0 Å². The van der Waals surface area contributed by atoms with Crippen molar-refractivity contribution in [3.63, 3.8) is 0 Å². The first-order valence-electron chi connectivity index (χ1n) is 7.90. The summed E-state index contributed by atoms with van der Waals surface area (Å²) in [5.74, 6) is -0.198. The molecular formula is C18H18N4O4. The number of pyridine rings is 1. The van der Waals surface area contributed by atoms with E-state index < -0.39 is 11.5 Å². The molecule has 2 aromatic heterocycles. The van der Waals surface area contributed by atoms with Crippen LogP contribution in [0.25, 0.3) is 5.69 Å². The van der Waals surface area contributed by atoms with Crippen molar-refractivity contribution in [1.29, 1.82) is 0 Å². The highest BCUT2D eigenvalue weighted by Crippen LogP contribution is 2.23. The third-order valence-electron chi connectivity index (χ3n) is 3.93. The van der Waals surface area contributed by atoms with E-state index in [0.717, 1.165) is 17.3 Å². The minimum absolute atomic E-state index is 0.00595. The molecule has 3 aromatic rings. The fourth-order valence-electron chi connectivity index (χ4n) is 2.51. The van der Waals surface area contributed by atoms with E-state index in [0.29, 0.717) is 5.75 Å². The molecule has 0 aliphatic rings. The topological polar surface area (TPSA) is 109 Å². The lowest BCUT2D eigenvalue weighted by Gasteiger charge is -2.13. The van der Waals surface area contributed by atoms with Crippen LogP contribution in [-0.2, 0) is 0 Å². The fraction of sp³-hybridized carbons (Fsp3) is 0.167. The number of carbonyl (C=O) groups is 1. The number of methoxy groups -OCH3 is 1. The summed E-state index contributed by atoms with van der Waals surface area (Å²) in [5.41, 5.74) is 1.06. The van der Waals surface area contributed by atoms with Gasteiger partial charge in [-0.15, -0.1) is 0 Å². The Morgan fingerprint density at radius 3 is 2.88 bits per heavy atom. The van der Waals surface area contributed by atoms with Gasteiger partial charge in [0.25, 0.3) is 11.5 Å². The molecule has 2 heterocycles. The van der Waals surface area contributed by atoms with Crippen molar-refractivity contribution >= 4 is 5.91 Å². The molecule has 26 heavy (non-hydrogen) atoms. The van der Waals surface area contributed by atoms with Gasteiger partial charge < -0.3 is 20.1 Å². The van der Waals surface area contributed by atoms with Crippen LogP contribution in [0.1, 0.15) is 28.9 Å². The van der Waals surface area contributed by atoms with Crippen LogP contribution < -0.4 is 15.6 Å². The molecule has 3 N–H and O–H groups in total. The minimum Gasteiger partial charge on any atom is -0.507 e. The molecule has 1 atom stereocenters. The van der Waals surface area contributed by atoms with Gasteiger partial charge in [-0.05, 0) is 19.1 Å². The van der Waals surface area contributed by atoms with Crippen LogP contribution in [0.2, 0.25) is 0 Å². The SMILES string of the molecule is COc1ccccc1-n1cc(C(C)NC(=O)c2c[nH]c(=O)cc2O)cn1. The summed E-state index contributed by atoms with van der Waals surface area (Å²) in [6, 6.07) is 8.05. The zero-order valence-corrected chi connectivity index (χ0v) is 14.3. The maximum Gasteiger partial charge on any atom is 0.257 e. The third kappa shape index (κ3) is 3.44. The molecule has 0 saturated heterocycles. The quantitative estimate of drug-likeness (QED) is 0.647. The molecule has 0 aliphatic carbocycles. The van der Waals surface area contributed by atoms with Gasteiger partial charge in [0.05, 0.1) is 24.9 Å². The van der Waals surface area contributed by atoms with Crippen molar-refractivity contribution in [3.8, 4) is 17.2 Å². The number of para-hydroxylation sites is 2. The van der Waals surface area contributed by atoms with E-state index in [4.69, 9.17) is 4.74 Å². The first kappa shape index (κ1) is 17.3. The number of nitrogens with zero attached hydrogens (tertiary/aromatic N) is 2. The van der Waals surface area contributed by atoms with Crippen LogP contribution in [0, 0.1) is 0 Å². The van der Waals surface area contributed by atoms with Crippen LogP contribution >= 0.6 is 0 Å². The molecule has 0 aliphatic heterocycles. The Kier molecular flexibility index (Phi) is 4.74. The first-order chi connectivity index (χ1) is 12.5. The van der Waals surface area contributed by atoms with E-state index in [9.17, 15) is 14.7 Å². The molecule has 3 rings (SSSR count). The summed E-state index contributed by atoms with van der Waals surface area (Å²) >= 11 is 0. The number of nitrogens with one attached hydrogen (secondary N) is 2. The Hall–Kier alpha value is -3.55. The molecule has 0 saturated carbocycles. The Morgan fingerprint density at radius 1 is 1.38 bits per heavy atom. The molecule has 0 radical (unpaired) electrons. The Balaban J connectivity index is 1.79. The number of rotatable bonds is 5. The van der Waals surface area contributed by atoms with Crippen molar-refractivity contribution in [2.75, 3.05) is 7.11 Å². The average Bonchev–Trinajstić information content (AvgIpc) is 3.11. The normalized spacial score (nSPS) is 11.8. The molecule has 1 unspecified atom stereocenters. The highest BCUT2D eigenvalue weighted by Gasteiger charge is 2.17. The average molecular weight is 354 g/mol. The highest BCUT2D eigenvalue weighted by atomic mass is 16.5. The number of aromatic hydroxyl groups is 1. The summed E-state index contributed by atoms with van der Waals surface area (Å²) in [6.07, 6.45) is 4.61. The van der Waals surface area contributed by atoms with Crippen molar-refractivity contribution in [2.24, 2.45) is 0 Å². The number of H-pyrrole nitrogens is 1. The Labute approximate surface area is 149 Å². The second-order valence-electron chi connectivity index (χ2n) is 5.68. The standard InChI is InChI=1S/C18H18N4O4/c1-11(21-18(25)13-9-19-17(24)7-15(13)23)12-8-20-22(10-12)14-5-3-4-6-16(14)26-2/h3-11H,1-2H3,(H,21,25)(H2,19,23,24). The van der Waals surface area contributed by atoms with E-state index >= 15 is 0 Å². The maximum absolute atomic E-state index is 12.3. The van der Waals surface area contributed by atoms with Gasteiger partial charge in [-0.3, -0.25) is 9.59 Å². The van der Waals surface area contributed by atoms with E-state index in [2.05, 4.69) is 15.4 Å². The first-order valence-corrected chi connectivity index (χ1v) is 7.90. The summed E-state index contributed by atoms with van der Waals surface area (Å²) in [4.78, 5) is 25.8. The van der Waals surface area contributed by atoms with Gasteiger partial charge in [0, 0.05) is 24.0 Å². The Morgan fingerprint density at radius 2 is 2.15 bits per heavy atom. The molecule has 8 heteroatoms. The van der Waals surface area contributed by atoms with Gasteiger partial charge in [0.1, 0.15) is 17.2 Å². The fourth-order valence-corrected chi connectivity index (χ4v) is 2.51. The van der Waals surface area contributed by atoms with Crippen LogP contribution in [0.15, 0.2) is 53.7 Å². The van der Waals surface area contributed by atoms with E-state index in [1.165, 1.54) is 6.20 Å². The zero-order valence-electron chi connectivity index (χ0n) is 14.3. The van der Waals surface area contributed by atoms with Crippen LogP contribution in [0.5, 0.6) is 11.5 Å². The molecule has 0 fully saturated rings. The van der Waals surface area contributed by atoms with Gasteiger partial charge >= 0.3 is 0 Å². The third-order valence-corrected chi connectivity index (χ3v) is 3.93. The Bertz CT molecular complexity index is 993. The van der Waals surface area contributed by atoms with Gasteiger partial charge in [-0.25, -0.2) is 4.68 Å². The second kappa shape index (κ2) is 7.14. The smallest absolute Gasteiger partial charge is 0.257 e. The number of aromatic amines is 1. The molecule has 134 valence electrons. The molecule has 0 spiro atoms. The lowest BCUT2D eigenvalue weighted by Crippen LogP contribution is -2.27. The highest BCUT2D eigenvalue weighted by molar-refractivity contribution is 5.96. The van der Waals surface area contributed by atoms with Crippen molar-refractivity contribution in [2.45, 2.75) is 13.0 Å². The van der Waals surface area contributed by atoms with Crippen molar-refractivity contribution in [3.05, 3.63) is 70.4 Å². The molecule has 1 amide bonds. The van der Waals surface area contributed by atoms with Gasteiger partial charge in [-0.1, -0.05) is 12.1 Å². The summed E-state index contributed by atoms with van der Waals surface area (Å²) < 4.78 is 6.99. The summed E-state index contributed by atoms with van der Waals surface area (Å²) in [6.45, 7) is 1.80. The number of amides is 1. The monoisotopic (exact) mass is 354 g/mol. The van der Waals surface area contributed by atoms with Gasteiger partial charge in [0.2, 0.25) is 0 Å². The van der Waals surface area contributed by atoms with E-state index in [1.807, 2.05) is 24.3 Å². The summed E-state index contributed by atoms with van der Waals surface area (Å²) in [5, 5.41) is 16.8. The zero-order chi connectivity index (χ0) is 18.7. The summed E-state index contributed by atoms with van der Waals surface area (Å²) in [7, 11) is 1.59. The van der Waals surface area contributed by atoms with Gasteiger partial charge in [0.15, 0.2) is 0 Å². The van der Waals surface area contributed by atoms with Crippen molar-refractivity contribution < 1.29 is 14.6 Å². The largest absolute Gasteiger partial charge is 0.507 e. The minimum atomic E-state index is -0.503. The van der Waals surface area contributed by atoms with Crippen molar-refractivity contribution in [1.82, 2.24) is 20.1 Å². The number of hydrogen-bond acceptors (Lipinski definition) is 5. The molecular weight excluding hydrogens is 336 g/mol. The van der Waals surface area contributed by atoms with Gasteiger partial charge in [-0.2, -0.15) is 5.10 Å². The second-order valence-corrected chi connectivity index (χ2v) is 5.68. The number of carbonyl (C=O) groups excluding carboxylic acids is 1. The van der Waals surface area contributed by atoms with Crippen LogP contribution in [0.3, 0.4) is 0 Å².